The molecule has 0 bridgehead atoms. The molecule has 0 spiro atoms. The molecule has 2 aromatic rings. The smallest absolute Gasteiger partial charge is 0.405 e. The zero-order valence-electron chi connectivity index (χ0n) is 16.5. The number of amides is 1. The first-order valence-electron chi connectivity index (χ1n) is 8.68. The molecule has 0 radical (unpaired) electrons. The average molecular weight is 450 g/mol. The number of halogens is 3. The number of hydrogen-bond donors (Lipinski definition) is 1. The van der Waals surface area contributed by atoms with E-state index in [-0.39, 0.29) is 17.7 Å². The third kappa shape index (κ3) is 5.92. The average Bonchev–Trinajstić information content (AvgIpc) is 2.97. The summed E-state index contributed by atoms with van der Waals surface area (Å²) in [6, 6.07) is 4.49. The van der Waals surface area contributed by atoms with Gasteiger partial charge in [-0.05, 0) is 18.2 Å². The third-order valence-electron chi connectivity index (χ3n) is 4.13. The van der Waals surface area contributed by atoms with Crippen LogP contribution in [0, 0.1) is 0 Å². The predicted octanol–water partition coefficient (Wildman–Crippen LogP) is 0.978. The first-order chi connectivity index (χ1) is 13.8. The second kappa shape index (κ2) is 9.00. The normalized spacial score (nSPS) is 12.4. The Morgan fingerprint density at radius 2 is 1.93 bits per heavy atom. The van der Waals surface area contributed by atoms with Gasteiger partial charge >= 0.3 is 12.1 Å². The summed E-state index contributed by atoms with van der Waals surface area (Å²) in [6.07, 6.45) is -4.58. The van der Waals surface area contributed by atoms with E-state index in [1.807, 2.05) is 0 Å². The molecule has 0 saturated heterocycles. The Kier molecular flexibility index (Phi) is 7.08. The molecule has 0 fully saturated rings. The number of alkyl halides is 3. The fourth-order valence-electron chi connectivity index (χ4n) is 2.51. The summed E-state index contributed by atoms with van der Waals surface area (Å²) in [5.41, 5.74) is 1.08. The minimum Gasteiger partial charge on any atom is -0.456 e. The largest absolute Gasteiger partial charge is 0.456 e. The molecule has 0 saturated carbocycles. The van der Waals surface area contributed by atoms with Crippen LogP contribution in [0.15, 0.2) is 23.1 Å². The Morgan fingerprint density at radius 1 is 1.27 bits per heavy atom. The Balaban J connectivity index is 1.98. The molecule has 0 atom stereocenters. The summed E-state index contributed by atoms with van der Waals surface area (Å²) in [5, 5.41) is 1.59. The Bertz CT molecular complexity index is 1050. The van der Waals surface area contributed by atoms with Crippen LogP contribution in [0.4, 0.5) is 13.2 Å². The van der Waals surface area contributed by atoms with Crippen molar-refractivity contribution >= 4 is 32.9 Å². The number of nitrogens with zero attached hydrogens (tertiary/aromatic N) is 3. The van der Waals surface area contributed by atoms with E-state index >= 15 is 0 Å². The molecule has 1 N–H and O–H groups in total. The lowest BCUT2D eigenvalue weighted by Gasteiger charge is -2.10. The molecule has 2 rings (SSSR count). The highest BCUT2D eigenvalue weighted by Crippen LogP contribution is 2.22. The van der Waals surface area contributed by atoms with Crippen LogP contribution < -0.4 is 5.32 Å². The van der Waals surface area contributed by atoms with E-state index in [1.54, 1.807) is 23.0 Å². The third-order valence-corrected chi connectivity index (χ3v) is 5.94. The van der Waals surface area contributed by atoms with Crippen molar-refractivity contribution < 1.29 is 35.9 Å². The van der Waals surface area contributed by atoms with Crippen LogP contribution in [0.1, 0.15) is 12.2 Å². The number of benzene rings is 1. The Morgan fingerprint density at radius 3 is 2.53 bits per heavy atom. The molecule has 0 aliphatic carbocycles. The second-order valence-corrected chi connectivity index (χ2v) is 8.73. The van der Waals surface area contributed by atoms with Gasteiger partial charge in [0.15, 0.2) is 6.61 Å². The molecule has 30 heavy (non-hydrogen) atoms. The highest BCUT2D eigenvalue weighted by atomic mass is 32.2. The Labute approximate surface area is 170 Å². The summed E-state index contributed by atoms with van der Waals surface area (Å²) < 4.78 is 67.9. The van der Waals surface area contributed by atoms with Gasteiger partial charge in [-0.3, -0.25) is 9.59 Å². The summed E-state index contributed by atoms with van der Waals surface area (Å²) in [5.74, 6) is -1.36. The lowest BCUT2D eigenvalue weighted by atomic mass is 10.3. The van der Waals surface area contributed by atoms with Crippen molar-refractivity contribution in [2.24, 2.45) is 7.05 Å². The summed E-state index contributed by atoms with van der Waals surface area (Å²) >= 11 is 0. The molecule has 13 heteroatoms. The molecule has 1 heterocycles. The monoisotopic (exact) mass is 450 g/mol. The number of aromatic nitrogens is 2. The van der Waals surface area contributed by atoms with Gasteiger partial charge < -0.3 is 14.6 Å². The summed E-state index contributed by atoms with van der Waals surface area (Å²) in [6.45, 7) is -2.32. The lowest BCUT2D eigenvalue weighted by Crippen LogP contribution is -2.36. The van der Waals surface area contributed by atoms with Gasteiger partial charge in [0, 0.05) is 27.6 Å². The summed E-state index contributed by atoms with van der Waals surface area (Å²) in [4.78, 5) is 27.4. The molecule has 0 aliphatic rings. The molecule has 1 aromatic carbocycles. The van der Waals surface area contributed by atoms with E-state index in [9.17, 15) is 31.2 Å². The predicted molar refractivity (Wildman–Crippen MR) is 99.9 cm³/mol. The van der Waals surface area contributed by atoms with E-state index in [4.69, 9.17) is 0 Å². The van der Waals surface area contributed by atoms with Crippen molar-refractivity contribution in [3.8, 4) is 0 Å². The van der Waals surface area contributed by atoms with Gasteiger partial charge in [-0.1, -0.05) is 0 Å². The highest BCUT2D eigenvalue weighted by molar-refractivity contribution is 7.89. The van der Waals surface area contributed by atoms with Crippen LogP contribution in [-0.2, 0) is 37.8 Å². The number of carbonyl (C=O) groups is 2. The molecule has 0 aliphatic heterocycles. The van der Waals surface area contributed by atoms with Gasteiger partial charge in [0.05, 0.1) is 22.3 Å². The van der Waals surface area contributed by atoms with Gasteiger partial charge in [-0.15, -0.1) is 0 Å². The first kappa shape index (κ1) is 23.6. The topological polar surface area (TPSA) is 111 Å². The van der Waals surface area contributed by atoms with Crippen molar-refractivity contribution in [2.45, 2.75) is 23.9 Å². The van der Waals surface area contributed by atoms with Crippen molar-refractivity contribution in [1.29, 1.82) is 0 Å². The zero-order valence-corrected chi connectivity index (χ0v) is 17.3. The van der Waals surface area contributed by atoms with Crippen LogP contribution >= 0.6 is 0 Å². The van der Waals surface area contributed by atoms with Crippen LogP contribution in [0.2, 0.25) is 0 Å². The number of esters is 1. The van der Waals surface area contributed by atoms with Crippen LogP contribution in [0.3, 0.4) is 0 Å². The molecular formula is C17H21F3N4O5S. The van der Waals surface area contributed by atoms with Crippen molar-refractivity contribution in [2.75, 3.05) is 27.2 Å². The van der Waals surface area contributed by atoms with Crippen LogP contribution in [-0.4, -0.2) is 67.6 Å². The van der Waals surface area contributed by atoms with E-state index in [0.29, 0.717) is 16.9 Å². The maximum absolute atomic E-state index is 12.2. The number of aryl methyl sites for hydroxylation is 2. The van der Waals surface area contributed by atoms with Crippen molar-refractivity contribution in [3.05, 3.63) is 24.0 Å². The molecule has 1 aromatic heterocycles. The van der Waals surface area contributed by atoms with Crippen LogP contribution in [0.5, 0.6) is 0 Å². The van der Waals surface area contributed by atoms with Gasteiger partial charge in [0.1, 0.15) is 12.4 Å². The fourth-order valence-corrected chi connectivity index (χ4v) is 3.43. The quantitative estimate of drug-likeness (QED) is 0.601. The maximum atomic E-state index is 12.2. The number of nitrogens with one attached hydrogen (secondary N) is 1. The van der Waals surface area contributed by atoms with Gasteiger partial charge in [-0.2, -0.15) is 13.2 Å². The second-order valence-electron chi connectivity index (χ2n) is 6.58. The molecule has 0 unspecified atom stereocenters. The molecule has 9 nitrogen and oxygen atoms in total. The van der Waals surface area contributed by atoms with E-state index in [0.717, 1.165) is 4.31 Å². The minimum atomic E-state index is -4.55. The van der Waals surface area contributed by atoms with E-state index < -0.39 is 41.2 Å². The molecule has 166 valence electrons. The molecular weight excluding hydrogens is 429 g/mol. The number of sulfonamides is 1. The number of imidazole rings is 1. The number of carbonyl (C=O) groups excluding carboxylic acids is 2. The van der Waals surface area contributed by atoms with E-state index in [2.05, 4.69) is 9.72 Å². The van der Waals surface area contributed by atoms with Gasteiger partial charge in [-0.25, -0.2) is 17.7 Å². The van der Waals surface area contributed by atoms with Gasteiger partial charge in [0.2, 0.25) is 10.0 Å². The fraction of sp³-hybridized carbons (Fsp3) is 0.471. The molecule has 1 amide bonds. The van der Waals surface area contributed by atoms with E-state index in [1.165, 1.54) is 26.2 Å². The van der Waals surface area contributed by atoms with Crippen molar-refractivity contribution in [1.82, 2.24) is 19.2 Å². The SMILES string of the molecule is CN(C)S(=O)(=O)c1ccc2c(c1)nc(CCC(=O)OCC(=O)NCC(F)(F)F)n2C. The zero-order chi connectivity index (χ0) is 22.7. The maximum Gasteiger partial charge on any atom is 0.405 e. The summed E-state index contributed by atoms with van der Waals surface area (Å²) in [7, 11) is 0.900. The van der Waals surface area contributed by atoms with Crippen molar-refractivity contribution in [3.63, 3.8) is 0 Å². The Hall–Kier alpha value is -2.67. The van der Waals surface area contributed by atoms with Gasteiger partial charge in [0.25, 0.3) is 5.91 Å². The standard InChI is InChI=1S/C17H21F3N4O5S/c1-23(2)30(27,28)11-4-5-13-12(8-11)22-14(24(13)3)6-7-16(26)29-9-15(25)21-10-17(18,19)20/h4-5,8H,6-7,9-10H2,1-3H3,(H,21,25). The first-order valence-corrected chi connectivity index (χ1v) is 10.1. The number of ether oxygens (including phenoxy) is 1. The number of fused-ring (bicyclic) bond motifs is 1. The lowest BCUT2D eigenvalue weighted by molar-refractivity contribution is -0.151. The number of hydrogen-bond acceptors (Lipinski definition) is 6. The van der Waals surface area contributed by atoms with Crippen LogP contribution in [0.25, 0.3) is 11.0 Å². The number of rotatable bonds is 8. The minimum absolute atomic E-state index is 0.0777. The highest BCUT2D eigenvalue weighted by Gasteiger charge is 2.27.